The molecule has 7 heteroatoms. The third kappa shape index (κ3) is 6.04. The fourth-order valence-corrected chi connectivity index (χ4v) is 2.13. The molecular weight excluding hydrogens is 341 g/mol. The number of thiocarbonyl (C=S) groups is 1. The van der Waals surface area contributed by atoms with Crippen LogP contribution >= 0.6 is 12.2 Å². The molecule has 25 heavy (non-hydrogen) atoms. The van der Waals surface area contributed by atoms with Crippen LogP contribution in [0.15, 0.2) is 42.5 Å². The predicted molar refractivity (Wildman–Crippen MR) is 100.0 cm³/mol. The molecule has 5 nitrogen and oxygen atoms in total. The van der Waals surface area contributed by atoms with Gasteiger partial charge in [0.05, 0.1) is 0 Å². The van der Waals surface area contributed by atoms with E-state index in [0.29, 0.717) is 17.0 Å². The van der Waals surface area contributed by atoms with Crippen LogP contribution in [0.1, 0.15) is 18.1 Å². The summed E-state index contributed by atoms with van der Waals surface area (Å²) in [7, 11) is 0. The van der Waals surface area contributed by atoms with E-state index < -0.39 is 0 Å². The molecule has 0 unspecified atom stereocenters. The minimum atomic E-state index is -0.390. The molecule has 0 atom stereocenters. The number of hydrogen-bond acceptors (Lipinski definition) is 3. The zero-order valence-electron chi connectivity index (χ0n) is 14.1. The number of hydrogen-bond donors (Lipinski definition) is 3. The molecule has 2 rings (SSSR count). The number of amides is 1. The quantitative estimate of drug-likeness (QED) is 0.564. The number of ether oxygens (including phenoxy) is 1. The summed E-state index contributed by atoms with van der Waals surface area (Å²) in [6.45, 7) is 3.59. The SMILES string of the molecule is CCc1ccc(OCC(=O)NNC(=S)Nc2ccc(C)c(F)c2)cc1. The Morgan fingerprint density at radius 1 is 1.16 bits per heavy atom. The van der Waals surface area contributed by atoms with Crippen molar-refractivity contribution < 1.29 is 13.9 Å². The fraction of sp³-hybridized carbons (Fsp3) is 0.222. The van der Waals surface area contributed by atoms with E-state index in [9.17, 15) is 9.18 Å². The molecule has 3 N–H and O–H groups in total. The molecule has 0 bridgehead atoms. The Kier molecular flexibility index (Phi) is 6.71. The second-order valence-electron chi connectivity index (χ2n) is 5.38. The third-order valence-corrected chi connectivity index (χ3v) is 3.65. The lowest BCUT2D eigenvalue weighted by molar-refractivity contribution is -0.123. The van der Waals surface area contributed by atoms with Gasteiger partial charge in [-0.25, -0.2) is 4.39 Å². The van der Waals surface area contributed by atoms with Crippen molar-refractivity contribution >= 4 is 28.9 Å². The number of carbonyl (C=O) groups excluding carboxylic acids is 1. The Morgan fingerprint density at radius 2 is 1.88 bits per heavy atom. The van der Waals surface area contributed by atoms with Gasteiger partial charge in [0.2, 0.25) is 0 Å². The van der Waals surface area contributed by atoms with Crippen LogP contribution in [0.5, 0.6) is 5.75 Å². The van der Waals surface area contributed by atoms with E-state index in [1.165, 1.54) is 11.6 Å². The minimum absolute atomic E-state index is 0.143. The van der Waals surface area contributed by atoms with Crippen LogP contribution in [0.25, 0.3) is 0 Å². The highest BCUT2D eigenvalue weighted by atomic mass is 32.1. The number of benzene rings is 2. The van der Waals surface area contributed by atoms with E-state index in [-0.39, 0.29) is 23.4 Å². The third-order valence-electron chi connectivity index (χ3n) is 3.45. The lowest BCUT2D eigenvalue weighted by Crippen LogP contribution is -2.45. The van der Waals surface area contributed by atoms with E-state index in [2.05, 4.69) is 23.1 Å². The van der Waals surface area contributed by atoms with E-state index in [4.69, 9.17) is 17.0 Å². The molecule has 2 aromatic rings. The molecule has 132 valence electrons. The van der Waals surface area contributed by atoms with E-state index in [0.717, 1.165) is 6.42 Å². The number of aryl methyl sites for hydroxylation is 2. The average Bonchev–Trinajstić information content (AvgIpc) is 2.61. The highest BCUT2D eigenvalue weighted by Gasteiger charge is 2.05. The van der Waals surface area contributed by atoms with Gasteiger partial charge in [0.15, 0.2) is 11.7 Å². The van der Waals surface area contributed by atoms with Gasteiger partial charge < -0.3 is 10.1 Å². The van der Waals surface area contributed by atoms with Crippen LogP contribution in [0.2, 0.25) is 0 Å². The molecule has 0 aliphatic heterocycles. The second kappa shape index (κ2) is 8.98. The highest BCUT2D eigenvalue weighted by Crippen LogP contribution is 2.13. The fourth-order valence-electron chi connectivity index (χ4n) is 1.97. The summed E-state index contributed by atoms with van der Waals surface area (Å²) in [5, 5.41) is 2.92. The number of rotatable bonds is 5. The highest BCUT2D eigenvalue weighted by molar-refractivity contribution is 7.80. The van der Waals surface area contributed by atoms with Gasteiger partial charge in [0.1, 0.15) is 11.6 Å². The summed E-state index contributed by atoms with van der Waals surface area (Å²) >= 11 is 5.04. The van der Waals surface area contributed by atoms with Gasteiger partial charge in [-0.3, -0.25) is 15.6 Å². The lowest BCUT2D eigenvalue weighted by Gasteiger charge is -2.12. The molecule has 0 aliphatic carbocycles. The molecular formula is C18H20FN3O2S. The topological polar surface area (TPSA) is 62.4 Å². The Morgan fingerprint density at radius 3 is 2.52 bits per heavy atom. The van der Waals surface area contributed by atoms with E-state index in [1.807, 2.05) is 24.3 Å². The maximum Gasteiger partial charge on any atom is 0.276 e. The largest absolute Gasteiger partial charge is 0.484 e. The van der Waals surface area contributed by atoms with Crippen molar-refractivity contribution in [1.29, 1.82) is 0 Å². The number of nitrogens with one attached hydrogen (secondary N) is 3. The maximum absolute atomic E-state index is 13.5. The van der Waals surface area contributed by atoms with Gasteiger partial charge in [-0.15, -0.1) is 0 Å². The molecule has 0 aliphatic rings. The van der Waals surface area contributed by atoms with Gasteiger partial charge in [0, 0.05) is 5.69 Å². The van der Waals surface area contributed by atoms with Crippen molar-refractivity contribution in [2.75, 3.05) is 11.9 Å². The molecule has 2 aromatic carbocycles. The summed E-state index contributed by atoms with van der Waals surface area (Å²) < 4.78 is 18.8. The molecule has 0 radical (unpaired) electrons. The van der Waals surface area contributed by atoms with E-state index in [1.54, 1.807) is 19.1 Å². The zero-order valence-corrected chi connectivity index (χ0v) is 14.9. The summed E-state index contributed by atoms with van der Waals surface area (Å²) in [6.07, 6.45) is 0.944. The first-order valence-corrected chi connectivity index (χ1v) is 8.22. The first-order chi connectivity index (χ1) is 12.0. The summed E-state index contributed by atoms with van der Waals surface area (Å²) in [5.74, 6) is -0.110. The Hall–Kier alpha value is -2.67. The van der Waals surface area contributed by atoms with Crippen LogP contribution in [-0.4, -0.2) is 17.6 Å². The van der Waals surface area contributed by atoms with E-state index >= 15 is 0 Å². The number of carbonyl (C=O) groups is 1. The molecule has 0 saturated heterocycles. The Bertz CT molecular complexity index is 750. The van der Waals surface area contributed by atoms with Crippen LogP contribution in [-0.2, 0) is 11.2 Å². The van der Waals surface area contributed by atoms with Crippen molar-refractivity contribution in [2.24, 2.45) is 0 Å². The second-order valence-corrected chi connectivity index (χ2v) is 5.79. The van der Waals surface area contributed by atoms with Crippen LogP contribution < -0.4 is 20.9 Å². The van der Waals surface area contributed by atoms with Crippen molar-refractivity contribution in [3.63, 3.8) is 0 Å². The van der Waals surface area contributed by atoms with Crippen LogP contribution in [0, 0.1) is 12.7 Å². The molecule has 0 saturated carbocycles. The van der Waals surface area contributed by atoms with Crippen molar-refractivity contribution in [1.82, 2.24) is 10.9 Å². The lowest BCUT2D eigenvalue weighted by atomic mass is 10.2. The van der Waals surface area contributed by atoms with Crippen LogP contribution in [0.4, 0.5) is 10.1 Å². The molecule has 1 amide bonds. The van der Waals surface area contributed by atoms with Gasteiger partial charge in [-0.05, 0) is 61.0 Å². The van der Waals surface area contributed by atoms with Crippen molar-refractivity contribution in [3.8, 4) is 5.75 Å². The first kappa shape index (κ1) is 18.7. The summed E-state index contributed by atoms with van der Waals surface area (Å²) in [4.78, 5) is 11.7. The molecule has 0 heterocycles. The standard InChI is InChI=1S/C18H20FN3O2S/c1-3-13-5-8-15(9-6-13)24-11-17(23)21-22-18(25)20-14-7-4-12(2)16(19)10-14/h4-10H,3,11H2,1-2H3,(H,21,23)(H2,20,22,25). The van der Waals surface area contributed by atoms with Gasteiger partial charge in [0.25, 0.3) is 5.91 Å². The van der Waals surface area contributed by atoms with Gasteiger partial charge in [-0.1, -0.05) is 25.1 Å². The predicted octanol–water partition coefficient (Wildman–Crippen LogP) is 3.09. The molecule has 0 fully saturated rings. The zero-order chi connectivity index (χ0) is 18.2. The molecule has 0 aromatic heterocycles. The normalized spacial score (nSPS) is 10.0. The smallest absolute Gasteiger partial charge is 0.276 e. The monoisotopic (exact) mass is 361 g/mol. The summed E-state index contributed by atoms with van der Waals surface area (Å²) in [6, 6.07) is 12.2. The van der Waals surface area contributed by atoms with Crippen LogP contribution in [0.3, 0.4) is 0 Å². The van der Waals surface area contributed by atoms with Crippen molar-refractivity contribution in [2.45, 2.75) is 20.3 Å². The summed E-state index contributed by atoms with van der Waals surface area (Å²) in [5.41, 5.74) is 7.18. The average molecular weight is 361 g/mol. The number of hydrazine groups is 1. The number of halogens is 1. The maximum atomic E-state index is 13.5. The first-order valence-electron chi connectivity index (χ1n) is 7.81. The Labute approximate surface area is 151 Å². The van der Waals surface area contributed by atoms with Gasteiger partial charge in [-0.2, -0.15) is 0 Å². The van der Waals surface area contributed by atoms with Crippen molar-refractivity contribution in [3.05, 3.63) is 59.4 Å². The minimum Gasteiger partial charge on any atom is -0.484 e. The Balaban J connectivity index is 1.73. The number of anilines is 1. The van der Waals surface area contributed by atoms with Gasteiger partial charge >= 0.3 is 0 Å². The molecule has 0 spiro atoms.